The predicted octanol–water partition coefficient (Wildman–Crippen LogP) is 3.91. The van der Waals surface area contributed by atoms with Crippen LogP contribution in [0.1, 0.15) is 5.56 Å². The normalized spacial score (nSPS) is 10.6. The molecule has 0 bridgehead atoms. The molecule has 29 heavy (non-hydrogen) atoms. The monoisotopic (exact) mass is 409 g/mol. The van der Waals surface area contributed by atoms with Crippen LogP contribution in [0.4, 0.5) is 10.8 Å². The van der Waals surface area contributed by atoms with Crippen LogP contribution in [0.5, 0.6) is 0 Å². The number of hydrogen-bond donors (Lipinski definition) is 1. The lowest BCUT2D eigenvalue weighted by Crippen LogP contribution is -2.20. The Morgan fingerprint density at radius 3 is 2.55 bits per heavy atom. The molecule has 0 saturated heterocycles. The number of rotatable bonds is 7. The Morgan fingerprint density at radius 2 is 1.86 bits per heavy atom. The molecule has 146 valence electrons. The first-order chi connectivity index (χ1) is 14.0. The molecule has 1 heterocycles. The van der Waals surface area contributed by atoms with Crippen LogP contribution in [0.2, 0.25) is 0 Å². The van der Waals surface area contributed by atoms with Crippen LogP contribution in [0.25, 0.3) is 17.3 Å². The van der Waals surface area contributed by atoms with Gasteiger partial charge in [0.2, 0.25) is 0 Å². The highest BCUT2D eigenvalue weighted by molar-refractivity contribution is 7.14. The minimum absolute atomic E-state index is 0.0426. The topological polar surface area (TPSA) is 111 Å². The quantitative estimate of drug-likeness (QED) is 0.274. The SMILES string of the molecule is O=C(COC(=O)C=Cc1ccc([N+](=O)[O-])cc1)Nc1nc(-c2ccccc2)cs1. The number of aromatic nitrogens is 1. The van der Waals surface area contributed by atoms with Crippen molar-refractivity contribution in [2.24, 2.45) is 0 Å². The molecule has 1 aromatic heterocycles. The maximum Gasteiger partial charge on any atom is 0.331 e. The number of nitro groups is 1. The Bertz CT molecular complexity index is 1050. The van der Waals surface area contributed by atoms with Gasteiger partial charge in [-0.05, 0) is 23.8 Å². The highest BCUT2D eigenvalue weighted by Gasteiger charge is 2.10. The molecule has 1 N–H and O–H groups in total. The van der Waals surface area contributed by atoms with E-state index >= 15 is 0 Å². The van der Waals surface area contributed by atoms with E-state index in [1.807, 2.05) is 35.7 Å². The van der Waals surface area contributed by atoms with Crippen molar-refractivity contribution in [1.29, 1.82) is 0 Å². The van der Waals surface area contributed by atoms with Crippen LogP contribution in [0.15, 0.2) is 66.1 Å². The second-order valence-electron chi connectivity index (χ2n) is 5.74. The van der Waals surface area contributed by atoms with Crippen LogP contribution in [-0.2, 0) is 14.3 Å². The third-order valence-corrected chi connectivity index (χ3v) is 4.44. The van der Waals surface area contributed by atoms with Crippen molar-refractivity contribution in [3.8, 4) is 11.3 Å². The molecule has 0 unspecified atom stereocenters. The summed E-state index contributed by atoms with van der Waals surface area (Å²) in [6, 6.07) is 15.2. The molecule has 0 atom stereocenters. The fourth-order valence-corrected chi connectivity index (χ4v) is 3.02. The summed E-state index contributed by atoms with van der Waals surface area (Å²) < 4.78 is 4.88. The third-order valence-electron chi connectivity index (χ3n) is 3.68. The van der Waals surface area contributed by atoms with E-state index in [4.69, 9.17) is 4.74 Å². The number of amides is 1. The standard InChI is InChI=1S/C20H15N3O5S/c24-18(22-20-21-17(13-29-20)15-4-2-1-3-5-15)12-28-19(25)11-8-14-6-9-16(10-7-14)23(26)27/h1-11,13H,12H2,(H,21,22,24). The van der Waals surface area contributed by atoms with E-state index in [1.165, 1.54) is 41.7 Å². The summed E-state index contributed by atoms with van der Waals surface area (Å²) in [6.45, 7) is -0.455. The van der Waals surface area contributed by atoms with E-state index in [1.54, 1.807) is 0 Å². The number of carbonyl (C=O) groups is 2. The minimum Gasteiger partial charge on any atom is -0.452 e. The van der Waals surface area contributed by atoms with Crippen LogP contribution in [-0.4, -0.2) is 28.4 Å². The van der Waals surface area contributed by atoms with Crippen LogP contribution in [0, 0.1) is 10.1 Å². The van der Waals surface area contributed by atoms with Gasteiger partial charge in [-0.25, -0.2) is 9.78 Å². The number of nitrogens with zero attached hydrogens (tertiary/aromatic N) is 2. The smallest absolute Gasteiger partial charge is 0.331 e. The zero-order valence-electron chi connectivity index (χ0n) is 15.0. The summed E-state index contributed by atoms with van der Waals surface area (Å²) in [7, 11) is 0. The molecular weight excluding hydrogens is 394 g/mol. The number of carbonyl (C=O) groups excluding carboxylic acids is 2. The summed E-state index contributed by atoms with van der Waals surface area (Å²) in [5, 5.41) is 15.4. The Morgan fingerprint density at radius 1 is 1.14 bits per heavy atom. The van der Waals surface area contributed by atoms with E-state index < -0.39 is 23.4 Å². The van der Waals surface area contributed by atoms with E-state index in [9.17, 15) is 19.7 Å². The summed E-state index contributed by atoms with van der Waals surface area (Å²) in [5.74, 6) is -1.21. The Labute approximate surface area is 169 Å². The summed E-state index contributed by atoms with van der Waals surface area (Å²) >= 11 is 1.27. The van der Waals surface area contributed by atoms with Gasteiger partial charge in [0.1, 0.15) is 0 Å². The zero-order chi connectivity index (χ0) is 20.6. The molecule has 2 aromatic carbocycles. The summed E-state index contributed by atoms with van der Waals surface area (Å²) in [6.07, 6.45) is 2.59. The van der Waals surface area contributed by atoms with Crippen molar-refractivity contribution in [1.82, 2.24) is 4.98 Å². The highest BCUT2D eigenvalue weighted by atomic mass is 32.1. The Balaban J connectivity index is 1.47. The Kier molecular flexibility index (Phi) is 6.43. The van der Waals surface area contributed by atoms with Gasteiger partial charge in [0.15, 0.2) is 11.7 Å². The zero-order valence-corrected chi connectivity index (χ0v) is 15.8. The lowest BCUT2D eigenvalue weighted by Gasteiger charge is -2.02. The maximum absolute atomic E-state index is 11.9. The van der Waals surface area contributed by atoms with E-state index in [2.05, 4.69) is 10.3 Å². The second-order valence-corrected chi connectivity index (χ2v) is 6.60. The van der Waals surface area contributed by atoms with Crippen molar-refractivity contribution in [2.45, 2.75) is 0 Å². The van der Waals surface area contributed by atoms with Gasteiger partial charge in [-0.1, -0.05) is 30.3 Å². The number of hydrogen-bond acceptors (Lipinski definition) is 7. The molecule has 3 rings (SSSR count). The molecule has 0 radical (unpaired) electrons. The first-order valence-electron chi connectivity index (χ1n) is 8.41. The molecule has 0 aliphatic carbocycles. The molecule has 0 spiro atoms. The fourth-order valence-electron chi connectivity index (χ4n) is 2.28. The van der Waals surface area contributed by atoms with Crippen molar-refractivity contribution < 1.29 is 19.2 Å². The van der Waals surface area contributed by atoms with Gasteiger partial charge in [-0.3, -0.25) is 20.2 Å². The van der Waals surface area contributed by atoms with Crippen LogP contribution < -0.4 is 5.32 Å². The molecule has 9 heteroatoms. The van der Waals surface area contributed by atoms with E-state index in [-0.39, 0.29) is 5.69 Å². The van der Waals surface area contributed by atoms with Gasteiger partial charge in [-0.15, -0.1) is 11.3 Å². The largest absolute Gasteiger partial charge is 0.452 e. The predicted molar refractivity (Wildman–Crippen MR) is 109 cm³/mol. The number of nitrogens with one attached hydrogen (secondary N) is 1. The second kappa shape index (κ2) is 9.38. The van der Waals surface area contributed by atoms with Gasteiger partial charge in [0, 0.05) is 29.2 Å². The number of thiazole rings is 1. The van der Waals surface area contributed by atoms with Crippen molar-refractivity contribution >= 4 is 40.1 Å². The number of ether oxygens (including phenoxy) is 1. The van der Waals surface area contributed by atoms with Crippen molar-refractivity contribution in [3.63, 3.8) is 0 Å². The van der Waals surface area contributed by atoms with Gasteiger partial charge in [-0.2, -0.15) is 0 Å². The maximum atomic E-state index is 11.9. The van der Waals surface area contributed by atoms with Gasteiger partial charge < -0.3 is 4.74 Å². The third kappa shape index (κ3) is 5.81. The first-order valence-corrected chi connectivity index (χ1v) is 9.29. The van der Waals surface area contributed by atoms with Gasteiger partial charge in [0.25, 0.3) is 11.6 Å². The average molecular weight is 409 g/mol. The minimum atomic E-state index is -0.706. The number of esters is 1. The number of benzene rings is 2. The number of anilines is 1. The van der Waals surface area contributed by atoms with Crippen LogP contribution in [0.3, 0.4) is 0 Å². The van der Waals surface area contributed by atoms with E-state index in [0.717, 1.165) is 17.3 Å². The van der Waals surface area contributed by atoms with Crippen molar-refractivity contribution in [3.05, 3.63) is 81.7 Å². The van der Waals surface area contributed by atoms with Gasteiger partial charge >= 0.3 is 5.97 Å². The molecule has 0 aliphatic heterocycles. The number of non-ortho nitro benzene ring substituents is 1. The number of nitro benzene ring substituents is 1. The van der Waals surface area contributed by atoms with Crippen LogP contribution >= 0.6 is 11.3 Å². The molecule has 1 amide bonds. The first kappa shape index (κ1) is 19.9. The van der Waals surface area contributed by atoms with Crippen molar-refractivity contribution in [2.75, 3.05) is 11.9 Å². The summed E-state index contributed by atoms with van der Waals surface area (Å²) in [5.41, 5.74) is 2.23. The molecule has 0 saturated carbocycles. The molecular formula is C20H15N3O5S. The average Bonchev–Trinajstić information content (AvgIpc) is 3.20. The Hall–Kier alpha value is -3.85. The lowest BCUT2D eigenvalue weighted by atomic mass is 10.2. The molecule has 0 aliphatic rings. The van der Waals surface area contributed by atoms with E-state index in [0.29, 0.717) is 10.7 Å². The molecule has 8 nitrogen and oxygen atoms in total. The summed E-state index contributed by atoms with van der Waals surface area (Å²) in [4.78, 5) is 38.1. The van der Waals surface area contributed by atoms with Gasteiger partial charge in [0.05, 0.1) is 10.6 Å². The fraction of sp³-hybridized carbons (Fsp3) is 0.0500. The molecule has 3 aromatic rings. The molecule has 0 fully saturated rings. The lowest BCUT2D eigenvalue weighted by molar-refractivity contribution is -0.384. The highest BCUT2D eigenvalue weighted by Crippen LogP contribution is 2.24.